The molecule has 0 amide bonds. The van der Waals surface area contributed by atoms with E-state index in [2.05, 4.69) is 10.2 Å². The van der Waals surface area contributed by atoms with Crippen molar-refractivity contribution in [1.29, 1.82) is 0 Å². The molecule has 7 heteroatoms. The van der Waals surface area contributed by atoms with Crippen LogP contribution in [0.1, 0.15) is 24.4 Å². The van der Waals surface area contributed by atoms with E-state index in [4.69, 9.17) is 23.2 Å². The summed E-state index contributed by atoms with van der Waals surface area (Å²) in [6, 6.07) is 4.68. The first-order valence-electron chi connectivity index (χ1n) is 6.83. The molecule has 118 valence electrons. The average Bonchev–Trinajstić information content (AvgIpc) is 2.37. The van der Waals surface area contributed by atoms with Crippen LogP contribution in [0.5, 0.6) is 0 Å². The van der Waals surface area contributed by atoms with Crippen molar-refractivity contribution in [3.05, 3.63) is 33.8 Å². The van der Waals surface area contributed by atoms with Crippen LogP contribution in [0.2, 0.25) is 10.0 Å². The fraction of sp³-hybridized carbons (Fsp3) is 0.571. The minimum Gasteiger partial charge on any atom is -0.314 e. The quantitative estimate of drug-likeness (QED) is 0.879. The molecular formula is C14H17Cl2F3N2. The first-order chi connectivity index (χ1) is 9.85. The van der Waals surface area contributed by atoms with Crippen LogP contribution in [0, 0.1) is 0 Å². The van der Waals surface area contributed by atoms with Crippen LogP contribution in [0.15, 0.2) is 18.2 Å². The van der Waals surface area contributed by atoms with Crippen molar-refractivity contribution >= 4 is 23.2 Å². The highest BCUT2D eigenvalue weighted by molar-refractivity contribution is 6.34. The Kier molecular flexibility index (Phi) is 5.77. The molecule has 21 heavy (non-hydrogen) atoms. The van der Waals surface area contributed by atoms with E-state index in [1.807, 2.05) is 0 Å². The Morgan fingerprint density at radius 3 is 2.19 bits per heavy atom. The molecule has 0 saturated carbocycles. The molecule has 1 fully saturated rings. The molecular weight excluding hydrogens is 324 g/mol. The van der Waals surface area contributed by atoms with Crippen LogP contribution >= 0.6 is 23.2 Å². The van der Waals surface area contributed by atoms with Gasteiger partial charge in [0.15, 0.2) is 0 Å². The normalized spacial score (nSPS) is 18.7. The minimum atomic E-state index is -4.16. The molecule has 0 bridgehead atoms. The fourth-order valence-corrected chi connectivity index (χ4v) is 3.16. The van der Waals surface area contributed by atoms with E-state index in [1.54, 1.807) is 18.2 Å². The van der Waals surface area contributed by atoms with Crippen LogP contribution in [0.25, 0.3) is 0 Å². The van der Waals surface area contributed by atoms with Crippen molar-refractivity contribution in [2.45, 2.75) is 25.1 Å². The van der Waals surface area contributed by atoms with Gasteiger partial charge in [-0.15, -0.1) is 0 Å². The lowest BCUT2D eigenvalue weighted by Gasteiger charge is -2.35. The number of hydrogen-bond acceptors (Lipinski definition) is 2. The number of nitrogens with zero attached hydrogens (tertiary/aromatic N) is 1. The predicted molar refractivity (Wildman–Crippen MR) is 78.9 cm³/mol. The molecule has 1 aliphatic rings. The van der Waals surface area contributed by atoms with Gasteiger partial charge in [-0.05, 0) is 30.2 Å². The average molecular weight is 341 g/mol. The molecule has 0 radical (unpaired) electrons. The maximum atomic E-state index is 12.6. The van der Waals surface area contributed by atoms with Gasteiger partial charge in [-0.25, -0.2) is 0 Å². The molecule has 1 N–H and O–H groups in total. The molecule has 1 aromatic rings. The number of benzene rings is 1. The largest absolute Gasteiger partial charge is 0.389 e. The summed E-state index contributed by atoms with van der Waals surface area (Å²) in [6.45, 7) is 2.98. The Bertz CT molecular complexity index is 454. The summed E-state index contributed by atoms with van der Waals surface area (Å²) < 4.78 is 37.7. The molecule has 1 saturated heterocycles. The number of hydrogen-bond donors (Lipinski definition) is 1. The maximum Gasteiger partial charge on any atom is 0.389 e. The van der Waals surface area contributed by atoms with E-state index in [0.717, 1.165) is 18.7 Å². The Morgan fingerprint density at radius 1 is 1.10 bits per heavy atom. The Labute approximate surface area is 132 Å². The predicted octanol–water partition coefficient (Wildman–Crippen LogP) is 4.28. The zero-order chi connectivity index (χ0) is 15.5. The van der Waals surface area contributed by atoms with Gasteiger partial charge < -0.3 is 5.32 Å². The van der Waals surface area contributed by atoms with Crippen LogP contribution < -0.4 is 5.32 Å². The molecule has 0 unspecified atom stereocenters. The number of rotatable bonds is 4. The number of nitrogens with one attached hydrogen (secondary N) is 1. The third kappa shape index (κ3) is 5.33. The number of alkyl halides is 3. The summed E-state index contributed by atoms with van der Waals surface area (Å²) >= 11 is 12.0. The van der Waals surface area contributed by atoms with E-state index in [0.29, 0.717) is 23.1 Å². The first-order valence-corrected chi connectivity index (χ1v) is 7.58. The lowest BCUT2D eigenvalue weighted by Crippen LogP contribution is -2.45. The minimum absolute atomic E-state index is 0.0141. The van der Waals surface area contributed by atoms with E-state index in [1.165, 1.54) is 0 Å². The highest BCUT2D eigenvalue weighted by atomic mass is 35.5. The summed E-state index contributed by atoms with van der Waals surface area (Å²) in [4.78, 5) is 2.06. The van der Waals surface area contributed by atoms with Gasteiger partial charge in [0.2, 0.25) is 0 Å². The van der Waals surface area contributed by atoms with E-state index in [9.17, 15) is 13.2 Å². The van der Waals surface area contributed by atoms with Crippen LogP contribution in [-0.4, -0.2) is 37.3 Å². The summed E-state index contributed by atoms with van der Waals surface area (Å²) in [6.07, 6.45) is -4.96. The summed E-state index contributed by atoms with van der Waals surface area (Å²) in [5.74, 6) is 0. The third-order valence-electron chi connectivity index (χ3n) is 3.56. The van der Waals surface area contributed by atoms with Gasteiger partial charge in [0.25, 0.3) is 0 Å². The van der Waals surface area contributed by atoms with E-state index in [-0.39, 0.29) is 12.5 Å². The van der Waals surface area contributed by atoms with Crippen LogP contribution in [-0.2, 0) is 0 Å². The summed E-state index contributed by atoms with van der Waals surface area (Å²) in [7, 11) is 0. The fourth-order valence-electron chi connectivity index (χ4n) is 2.62. The van der Waals surface area contributed by atoms with Gasteiger partial charge in [-0.2, -0.15) is 13.2 Å². The van der Waals surface area contributed by atoms with Crippen molar-refractivity contribution in [1.82, 2.24) is 10.2 Å². The standard InChI is InChI=1S/C14H17Cl2F3N2/c15-11-7-10(8-12(16)9-11)13(1-2-14(17,18)19)21-5-3-20-4-6-21/h7-9,13,20H,1-6H2/t13-/m1/s1. The second kappa shape index (κ2) is 7.18. The smallest absolute Gasteiger partial charge is 0.314 e. The molecule has 0 aromatic heterocycles. The van der Waals surface area contributed by atoms with Gasteiger partial charge in [0, 0.05) is 48.7 Å². The van der Waals surface area contributed by atoms with E-state index < -0.39 is 12.6 Å². The molecule has 2 rings (SSSR count). The van der Waals surface area contributed by atoms with Crippen LogP contribution in [0.3, 0.4) is 0 Å². The molecule has 1 heterocycles. The number of halogens is 5. The Morgan fingerprint density at radius 2 is 1.67 bits per heavy atom. The van der Waals surface area contributed by atoms with Crippen molar-refractivity contribution in [2.24, 2.45) is 0 Å². The summed E-state index contributed by atoms with van der Waals surface area (Å²) in [5.41, 5.74) is 0.749. The van der Waals surface area contributed by atoms with Crippen molar-refractivity contribution in [3.63, 3.8) is 0 Å². The first kappa shape index (κ1) is 16.9. The second-order valence-corrected chi connectivity index (χ2v) is 6.03. The van der Waals surface area contributed by atoms with Gasteiger partial charge in [-0.3, -0.25) is 4.90 Å². The highest BCUT2D eigenvalue weighted by Crippen LogP contribution is 2.34. The lowest BCUT2D eigenvalue weighted by molar-refractivity contribution is -0.138. The van der Waals surface area contributed by atoms with Gasteiger partial charge in [-0.1, -0.05) is 23.2 Å². The molecule has 0 aliphatic carbocycles. The monoisotopic (exact) mass is 340 g/mol. The summed E-state index contributed by atoms with van der Waals surface area (Å²) in [5, 5.41) is 4.10. The van der Waals surface area contributed by atoms with Crippen molar-refractivity contribution in [3.8, 4) is 0 Å². The van der Waals surface area contributed by atoms with Gasteiger partial charge in [0.05, 0.1) is 0 Å². The zero-order valence-electron chi connectivity index (χ0n) is 11.4. The lowest BCUT2D eigenvalue weighted by atomic mass is 9.99. The SMILES string of the molecule is FC(F)(F)CC[C@H](c1cc(Cl)cc(Cl)c1)N1CCNCC1. The van der Waals surface area contributed by atoms with Crippen molar-refractivity contribution < 1.29 is 13.2 Å². The van der Waals surface area contributed by atoms with Gasteiger partial charge >= 0.3 is 6.18 Å². The van der Waals surface area contributed by atoms with Crippen LogP contribution in [0.4, 0.5) is 13.2 Å². The molecule has 1 atom stereocenters. The van der Waals surface area contributed by atoms with E-state index >= 15 is 0 Å². The van der Waals surface area contributed by atoms with Gasteiger partial charge in [0.1, 0.15) is 0 Å². The third-order valence-corrected chi connectivity index (χ3v) is 4.00. The highest BCUT2D eigenvalue weighted by Gasteiger charge is 2.31. The topological polar surface area (TPSA) is 15.3 Å². The maximum absolute atomic E-state index is 12.6. The molecule has 2 nitrogen and oxygen atoms in total. The van der Waals surface area contributed by atoms with Crippen molar-refractivity contribution in [2.75, 3.05) is 26.2 Å². The molecule has 1 aliphatic heterocycles. The Balaban J connectivity index is 2.21. The number of piperazine rings is 1. The second-order valence-electron chi connectivity index (χ2n) is 5.16. The molecule has 1 aromatic carbocycles. The Hall–Kier alpha value is -0.490. The molecule has 0 spiro atoms. The zero-order valence-corrected chi connectivity index (χ0v) is 12.9.